The number of para-hydroxylation sites is 3. The van der Waals surface area contributed by atoms with Crippen molar-refractivity contribution in [1.82, 2.24) is 4.57 Å². The van der Waals surface area contributed by atoms with Gasteiger partial charge in [0, 0.05) is 50.6 Å². The summed E-state index contributed by atoms with van der Waals surface area (Å²) in [5.74, 6) is 0. The summed E-state index contributed by atoms with van der Waals surface area (Å²) >= 11 is 0. The minimum Gasteiger partial charge on any atom is -0.356 e. The number of aromatic nitrogens is 1. The van der Waals surface area contributed by atoms with Gasteiger partial charge in [0.1, 0.15) is 0 Å². The summed E-state index contributed by atoms with van der Waals surface area (Å²) in [5, 5.41) is 13.0. The highest BCUT2D eigenvalue weighted by atomic mass is 15.0. The van der Waals surface area contributed by atoms with Crippen LogP contribution in [-0.4, -0.2) is 4.57 Å². The fraction of sp³-hybridized carbons (Fsp3) is 0. The molecule has 7 rings (SSSR count). The number of hydrogen-bond donors (Lipinski definition) is 3. The van der Waals surface area contributed by atoms with Crippen LogP contribution in [0.25, 0.3) is 27.5 Å². The molecule has 0 radical (unpaired) electrons. The predicted molar refractivity (Wildman–Crippen MR) is 170 cm³/mol. The van der Waals surface area contributed by atoms with Crippen LogP contribution < -0.4 is 16.0 Å². The Morgan fingerprint density at radius 1 is 0.325 bits per heavy atom. The SMILES string of the molecule is c1ccc(Nc2ccc(-n3c4ccc(Nc5ccccc5)cc4c4cc(Nc5ccccc5)ccc43)cc2)cc1. The lowest BCUT2D eigenvalue weighted by atomic mass is 10.1. The van der Waals surface area contributed by atoms with Crippen molar-refractivity contribution >= 4 is 55.9 Å². The van der Waals surface area contributed by atoms with Gasteiger partial charge < -0.3 is 20.5 Å². The molecule has 0 aliphatic heterocycles. The average Bonchev–Trinajstić information content (AvgIpc) is 3.32. The van der Waals surface area contributed by atoms with Gasteiger partial charge >= 0.3 is 0 Å². The molecule has 4 nitrogen and oxygen atoms in total. The number of nitrogens with zero attached hydrogens (tertiary/aromatic N) is 1. The molecule has 0 spiro atoms. The summed E-state index contributed by atoms with van der Waals surface area (Å²) in [4.78, 5) is 0. The number of fused-ring (bicyclic) bond motifs is 3. The minimum atomic E-state index is 1.06. The highest BCUT2D eigenvalue weighted by molar-refractivity contribution is 6.11. The van der Waals surface area contributed by atoms with Gasteiger partial charge in [-0.2, -0.15) is 0 Å². The summed E-state index contributed by atoms with van der Waals surface area (Å²) < 4.78 is 2.34. The van der Waals surface area contributed by atoms with Crippen LogP contribution in [0.3, 0.4) is 0 Å². The summed E-state index contributed by atoms with van der Waals surface area (Å²) in [5.41, 5.74) is 9.82. The Morgan fingerprint density at radius 3 is 1.10 bits per heavy atom. The fourth-order valence-corrected chi connectivity index (χ4v) is 5.22. The third-order valence-corrected chi connectivity index (χ3v) is 7.08. The van der Waals surface area contributed by atoms with Crippen molar-refractivity contribution in [3.63, 3.8) is 0 Å². The lowest BCUT2D eigenvalue weighted by Crippen LogP contribution is -1.96. The van der Waals surface area contributed by atoms with E-state index in [0.29, 0.717) is 0 Å². The van der Waals surface area contributed by atoms with Crippen LogP contribution in [0.2, 0.25) is 0 Å². The maximum absolute atomic E-state index is 3.56. The molecule has 0 amide bonds. The number of nitrogens with one attached hydrogen (secondary N) is 3. The molecule has 0 bridgehead atoms. The van der Waals surface area contributed by atoms with Gasteiger partial charge in [-0.1, -0.05) is 54.6 Å². The van der Waals surface area contributed by atoms with Gasteiger partial charge in [-0.3, -0.25) is 0 Å². The second-order valence-corrected chi connectivity index (χ2v) is 9.82. The Balaban J connectivity index is 1.32. The van der Waals surface area contributed by atoms with Crippen LogP contribution in [0, 0.1) is 0 Å². The smallest absolute Gasteiger partial charge is 0.0542 e. The largest absolute Gasteiger partial charge is 0.356 e. The average molecular weight is 517 g/mol. The highest BCUT2D eigenvalue weighted by Crippen LogP contribution is 2.36. The van der Waals surface area contributed by atoms with Gasteiger partial charge in [0.2, 0.25) is 0 Å². The van der Waals surface area contributed by atoms with Crippen LogP contribution in [-0.2, 0) is 0 Å². The maximum atomic E-state index is 3.56. The molecular formula is C36H28N4. The summed E-state index contributed by atoms with van der Waals surface area (Å²) in [6.07, 6.45) is 0. The number of anilines is 6. The Hall–Kier alpha value is -5.48. The van der Waals surface area contributed by atoms with E-state index in [-0.39, 0.29) is 0 Å². The van der Waals surface area contributed by atoms with E-state index < -0.39 is 0 Å². The third kappa shape index (κ3) is 4.74. The Morgan fingerprint density at radius 2 is 0.675 bits per heavy atom. The zero-order valence-corrected chi connectivity index (χ0v) is 21.9. The summed E-state index contributed by atoms with van der Waals surface area (Å²) in [6, 6.07) is 52.7. The molecule has 0 saturated heterocycles. The van der Waals surface area contributed by atoms with Gasteiger partial charge in [-0.05, 0) is 97.1 Å². The topological polar surface area (TPSA) is 41.0 Å². The third-order valence-electron chi connectivity index (χ3n) is 7.08. The van der Waals surface area contributed by atoms with Crippen molar-refractivity contribution < 1.29 is 0 Å². The molecule has 1 aromatic heterocycles. The second-order valence-electron chi connectivity index (χ2n) is 9.82. The molecule has 3 N–H and O–H groups in total. The van der Waals surface area contributed by atoms with Crippen LogP contribution in [0.1, 0.15) is 0 Å². The van der Waals surface area contributed by atoms with E-state index in [1.165, 1.54) is 10.8 Å². The van der Waals surface area contributed by atoms with E-state index in [2.05, 4.69) is 118 Å². The molecule has 0 fully saturated rings. The van der Waals surface area contributed by atoms with Crippen molar-refractivity contribution in [2.24, 2.45) is 0 Å². The molecule has 40 heavy (non-hydrogen) atoms. The zero-order valence-electron chi connectivity index (χ0n) is 21.9. The zero-order chi connectivity index (χ0) is 26.7. The Kier molecular flexibility index (Phi) is 6.11. The van der Waals surface area contributed by atoms with E-state index in [0.717, 1.165) is 50.8 Å². The molecule has 0 unspecified atom stereocenters. The molecule has 0 aliphatic rings. The van der Waals surface area contributed by atoms with Crippen LogP contribution in [0.15, 0.2) is 152 Å². The van der Waals surface area contributed by atoms with Gasteiger partial charge in [0.25, 0.3) is 0 Å². The molecular weight excluding hydrogens is 488 g/mol. The first kappa shape index (κ1) is 23.6. The van der Waals surface area contributed by atoms with Crippen molar-refractivity contribution in [3.8, 4) is 5.69 Å². The predicted octanol–water partition coefficient (Wildman–Crippen LogP) is 10.0. The minimum absolute atomic E-state index is 1.06. The first-order chi connectivity index (χ1) is 19.8. The van der Waals surface area contributed by atoms with Crippen molar-refractivity contribution in [3.05, 3.63) is 152 Å². The number of hydrogen-bond acceptors (Lipinski definition) is 3. The van der Waals surface area contributed by atoms with E-state index >= 15 is 0 Å². The van der Waals surface area contributed by atoms with E-state index in [1.54, 1.807) is 0 Å². The Bertz CT molecular complexity index is 1790. The van der Waals surface area contributed by atoms with Gasteiger partial charge in [-0.25, -0.2) is 0 Å². The first-order valence-corrected chi connectivity index (χ1v) is 13.5. The van der Waals surface area contributed by atoms with E-state index in [4.69, 9.17) is 0 Å². The van der Waals surface area contributed by atoms with Crippen LogP contribution in [0.5, 0.6) is 0 Å². The van der Waals surface area contributed by atoms with E-state index in [9.17, 15) is 0 Å². The highest BCUT2D eigenvalue weighted by Gasteiger charge is 2.14. The molecule has 7 aromatic rings. The molecule has 6 aromatic carbocycles. The van der Waals surface area contributed by atoms with Crippen LogP contribution in [0.4, 0.5) is 34.1 Å². The molecule has 4 heteroatoms. The summed E-state index contributed by atoms with van der Waals surface area (Å²) in [7, 11) is 0. The van der Waals surface area contributed by atoms with Crippen LogP contribution >= 0.6 is 0 Å². The summed E-state index contributed by atoms with van der Waals surface area (Å²) in [6.45, 7) is 0. The molecule has 1 heterocycles. The quantitative estimate of drug-likeness (QED) is 0.197. The lowest BCUT2D eigenvalue weighted by Gasteiger charge is -2.11. The maximum Gasteiger partial charge on any atom is 0.0542 e. The molecule has 192 valence electrons. The molecule has 0 atom stereocenters. The second kappa shape index (κ2) is 10.4. The van der Waals surface area contributed by atoms with Gasteiger partial charge in [-0.15, -0.1) is 0 Å². The first-order valence-electron chi connectivity index (χ1n) is 13.5. The van der Waals surface area contributed by atoms with Crippen molar-refractivity contribution in [2.45, 2.75) is 0 Å². The molecule has 0 aliphatic carbocycles. The van der Waals surface area contributed by atoms with Crippen molar-refractivity contribution in [1.29, 1.82) is 0 Å². The normalized spacial score (nSPS) is 11.0. The standard InChI is InChI=1S/C36H28N4/c1-4-10-26(11-5-1)37-29-16-20-32(21-17-29)40-35-22-18-30(38-27-12-6-2-7-13-27)24-33(35)34-25-31(19-23-36(34)40)39-28-14-8-3-9-15-28/h1-25,37-39H. The van der Waals surface area contributed by atoms with Crippen molar-refractivity contribution in [2.75, 3.05) is 16.0 Å². The Labute approximate surface area is 233 Å². The monoisotopic (exact) mass is 516 g/mol. The lowest BCUT2D eigenvalue weighted by molar-refractivity contribution is 1.18. The fourth-order valence-electron chi connectivity index (χ4n) is 5.22. The van der Waals surface area contributed by atoms with Gasteiger partial charge in [0.05, 0.1) is 11.0 Å². The number of rotatable bonds is 7. The number of benzene rings is 6. The van der Waals surface area contributed by atoms with Gasteiger partial charge in [0.15, 0.2) is 0 Å². The van der Waals surface area contributed by atoms with E-state index in [1.807, 2.05) is 54.6 Å². The molecule has 0 saturated carbocycles.